The van der Waals surface area contributed by atoms with Crippen LogP contribution in [0.25, 0.3) is 0 Å². The zero-order chi connectivity index (χ0) is 17.2. The van der Waals surface area contributed by atoms with Crippen LogP contribution in [0.5, 0.6) is 0 Å². The van der Waals surface area contributed by atoms with Gasteiger partial charge >= 0.3 is 5.97 Å². The number of hydrogen-bond acceptors (Lipinski definition) is 3. The largest absolute Gasteiger partial charge is 0.478 e. The third-order valence-electron chi connectivity index (χ3n) is 3.18. The van der Waals surface area contributed by atoms with E-state index in [1.54, 1.807) is 12.1 Å². The van der Waals surface area contributed by atoms with Crippen LogP contribution in [-0.2, 0) is 16.6 Å². The van der Waals surface area contributed by atoms with Gasteiger partial charge in [-0.3, -0.25) is 0 Å². The Balaban J connectivity index is 2.28. The fraction of sp³-hybridized carbons (Fsp3) is 0.133. The maximum atomic E-state index is 12.5. The predicted molar refractivity (Wildman–Crippen MR) is 88.5 cm³/mol. The molecular weight excluding hydrogens is 361 g/mol. The highest BCUT2D eigenvalue weighted by atomic mass is 35.5. The van der Waals surface area contributed by atoms with Gasteiger partial charge in [0.2, 0.25) is 10.0 Å². The topological polar surface area (TPSA) is 74.7 Å². The van der Waals surface area contributed by atoms with Gasteiger partial charge in [0.1, 0.15) is 0 Å². The summed E-state index contributed by atoms with van der Waals surface area (Å²) < 4.78 is 26.2. The Bertz CT molecular complexity index is 852. The Morgan fingerprint density at radius 1 is 1.13 bits per heavy atom. The van der Waals surface area contributed by atoms with E-state index in [1.165, 1.54) is 37.4 Å². The highest BCUT2D eigenvalue weighted by Crippen LogP contribution is 2.26. The van der Waals surface area contributed by atoms with E-state index in [-0.39, 0.29) is 27.0 Å². The van der Waals surface area contributed by atoms with Gasteiger partial charge in [0.15, 0.2) is 0 Å². The van der Waals surface area contributed by atoms with Crippen molar-refractivity contribution < 1.29 is 18.3 Å². The van der Waals surface area contributed by atoms with Gasteiger partial charge in [-0.15, -0.1) is 0 Å². The van der Waals surface area contributed by atoms with Gasteiger partial charge in [0.05, 0.1) is 20.5 Å². The quantitative estimate of drug-likeness (QED) is 0.869. The van der Waals surface area contributed by atoms with Crippen LogP contribution in [-0.4, -0.2) is 30.8 Å². The van der Waals surface area contributed by atoms with Crippen LogP contribution in [0, 0.1) is 0 Å². The smallest absolute Gasteiger partial charge is 0.335 e. The van der Waals surface area contributed by atoms with Gasteiger partial charge in [0, 0.05) is 13.6 Å². The number of rotatable bonds is 5. The lowest BCUT2D eigenvalue weighted by molar-refractivity contribution is 0.0696. The molecule has 0 unspecified atom stereocenters. The number of carboxylic acids is 1. The minimum Gasteiger partial charge on any atom is -0.478 e. The molecular formula is C15H13Cl2NO4S. The molecule has 0 saturated heterocycles. The van der Waals surface area contributed by atoms with E-state index in [0.717, 1.165) is 4.31 Å². The lowest BCUT2D eigenvalue weighted by atomic mass is 10.1. The Kier molecular flexibility index (Phi) is 5.31. The number of nitrogens with zero attached hydrogens (tertiary/aromatic N) is 1. The normalized spacial score (nSPS) is 11.7. The van der Waals surface area contributed by atoms with E-state index in [0.29, 0.717) is 5.56 Å². The van der Waals surface area contributed by atoms with Gasteiger partial charge in [-0.2, -0.15) is 4.31 Å². The van der Waals surface area contributed by atoms with E-state index >= 15 is 0 Å². The molecule has 0 radical (unpaired) electrons. The first kappa shape index (κ1) is 17.7. The molecule has 2 aromatic rings. The summed E-state index contributed by atoms with van der Waals surface area (Å²) in [5, 5.41) is 9.39. The zero-order valence-corrected chi connectivity index (χ0v) is 14.4. The summed E-state index contributed by atoms with van der Waals surface area (Å²) in [7, 11) is -2.36. The molecule has 0 bridgehead atoms. The summed E-state index contributed by atoms with van der Waals surface area (Å²) in [6.45, 7) is 0.0314. The molecule has 0 amide bonds. The number of aromatic carboxylic acids is 1. The summed E-state index contributed by atoms with van der Waals surface area (Å²) >= 11 is 11.7. The molecule has 0 aromatic heterocycles. The fourth-order valence-electron chi connectivity index (χ4n) is 1.96. The molecule has 0 aliphatic rings. The third-order valence-corrected chi connectivity index (χ3v) is 5.72. The van der Waals surface area contributed by atoms with Crippen LogP contribution in [0.3, 0.4) is 0 Å². The summed E-state index contributed by atoms with van der Waals surface area (Å²) in [4.78, 5) is 11.0. The highest BCUT2D eigenvalue weighted by Gasteiger charge is 2.22. The summed E-state index contributed by atoms with van der Waals surface area (Å²) in [6.07, 6.45) is 0. The lowest BCUT2D eigenvalue weighted by Gasteiger charge is -2.18. The number of halogens is 2. The standard InChI is InChI=1S/C15H13Cl2NO4S/c1-18(9-10-3-2-4-11(7-10)15(19)20)23(21,22)12-5-6-13(16)14(17)8-12/h2-8H,9H2,1H3,(H,19,20). The minimum atomic E-state index is -3.77. The fourth-order valence-corrected chi connectivity index (χ4v) is 3.51. The van der Waals surface area contributed by atoms with Crippen molar-refractivity contribution in [3.05, 3.63) is 63.6 Å². The maximum Gasteiger partial charge on any atom is 0.335 e. The van der Waals surface area contributed by atoms with E-state index in [1.807, 2.05) is 0 Å². The SMILES string of the molecule is CN(Cc1cccc(C(=O)O)c1)S(=O)(=O)c1ccc(Cl)c(Cl)c1. The molecule has 2 aromatic carbocycles. The number of carboxylic acid groups (broad SMARTS) is 1. The highest BCUT2D eigenvalue weighted by molar-refractivity contribution is 7.89. The maximum absolute atomic E-state index is 12.5. The number of hydrogen-bond donors (Lipinski definition) is 1. The Hall–Kier alpha value is -1.60. The van der Waals surface area contributed by atoms with Gasteiger partial charge in [-0.1, -0.05) is 35.3 Å². The Morgan fingerprint density at radius 3 is 2.43 bits per heavy atom. The monoisotopic (exact) mass is 373 g/mol. The second kappa shape index (κ2) is 6.88. The van der Waals surface area contributed by atoms with E-state index < -0.39 is 16.0 Å². The van der Waals surface area contributed by atoms with Crippen molar-refractivity contribution in [2.24, 2.45) is 0 Å². The van der Waals surface area contributed by atoms with Crippen molar-refractivity contribution in [1.82, 2.24) is 4.31 Å². The molecule has 0 saturated carbocycles. The first-order valence-corrected chi connectivity index (χ1v) is 8.65. The third kappa shape index (κ3) is 4.03. The van der Waals surface area contributed by atoms with E-state index in [4.69, 9.17) is 28.3 Å². The molecule has 0 spiro atoms. The molecule has 0 aliphatic heterocycles. The summed E-state index contributed by atoms with van der Waals surface area (Å²) in [5.74, 6) is -1.07. The molecule has 2 rings (SSSR count). The molecule has 0 atom stereocenters. The average molecular weight is 374 g/mol. The van der Waals surface area contributed by atoms with Crippen LogP contribution in [0.15, 0.2) is 47.4 Å². The van der Waals surface area contributed by atoms with Crippen LogP contribution < -0.4 is 0 Å². The molecule has 8 heteroatoms. The van der Waals surface area contributed by atoms with Crippen LogP contribution in [0.1, 0.15) is 15.9 Å². The van der Waals surface area contributed by atoms with Crippen molar-refractivity contribution in [2.45, 2.75) is 11.4 Å². The van der Waals surface area contributed by atoms with E-state index in [9.17, 15) is 13.2 Å². The summed E-state index contributed by atoms with van der Waals surface area (Å²) in [6, 6.07) is 10.2. The Labute approximate surface area is 144 Å². The van der Waals surface area contributed by atoms with Gasteiger partial charge < -0.3 is 5.11 Å². The summed E-state index contributed by atoms with van der Waals surface area (Å²) in [5.41, 5.74) is 0.666. The zero-order valence-electron chi connectivity index (χ0n) is 12.0. The van der Waals surface area contributed by atoms with Gasteiger partial charge in [-0.05, 0) is 35.9 Å². The number of benzene rings is 2. The number of sulfonamides is 1. The van der Waals surface area contributed by atoms with Crippen LogP contribution >= 0.6 is 23.2 Å². The lowest BCUT2D eigenvalue weighted by Crippen LogP contribution is -2.26. The Morgan fingerprint density at radius 2 is 1.83 bits per heavy atom. The van der Waals surface area contributed by atoms with Gasteiger partial charge in [-0.25, -0.2) is 13.2 Å². The molecule has 1 N–H and O–H groups in total. The molecule has 0 aliphatic carbocycles. The first-order chi connectivity index (χ1) is 10.7. The van der Waals surface area contributed by atoms with Crippen molar-refractivity contribution in [3.63, 3.8) is 0 Å². The first-order valence-electron chi connectivity index (χ1n) is 6.45. The predicted octanol–water partition coefficient (Wildman–Crippen LogP) is 3.51. The molecule has 0 fully saturated rings. The molecule has 23 heavy (non-hydrogen) atoms. The second-order valence-corrected chi connectivity index (χ2v) is 7.70. The van der Waals surface area contributed by atoms with Gasteiger partial charge in [0.25, 0.3) is 0 Å². The van der Waals surface area contributed by atoms with E-state index in [2.05, 4.69) is 0 Å². The van der Waals surface area contributed by atoms with Crippen molar-refractivity contribution in [1.29, 1.82) is 0 Å². The molecule has 5 nitrogen and oxygen atoms in total. The number of carbonyl (C=O) groups is 1. The minimum absolute atomic E-state index is 0.0174. The molecule has 0 heterocycles. The van der Waals surface area contributed by atoms with Crippen molar-refractivity contribution in [2.75, 3.05) is 7.05 Å². The van der Waals surface area contributed by atoms with Crippen LogP contribution in [0.2, 0.25) is 10.0 Å². The average Bonchev–Trinajstić information content (AvgIpc) is 2.50. The molecule has 122 valence electrons. The van der Waals surface area contributed by atoms with Crippen LogP contribution in [0.4, 0.5) is 0 Å². The van der Waals surface area contributed by atoms with Crippen molar-refractivity contribution >= 4 is 39.2 Å². The van der Waals surface area contributed by atoms with Crippen molar-refractivity contribution in [3.8, 4) is 0 Å². The second-order valence-electron chi connectivity index (χ2n) is 4.84.